The standard InChI is InChI=1S/2C8H8O2.Zn/c2*9-8(10)6-7-4-2-1-3-5-7;/h2*1-5H,6H2,(H,9,10);. The largest absolute Gasteiger partial charge is 0.481 e. The first kappa shape index (κ1) is 19.0. The average molecular weight is 338 g/mol. The first-order chi connectivity index (χ1) is 9.58. The van der Waals surface area contributed by atoms with Gasteiger partial charge in [0.1, 0.15) is 0 Å². The molecule has 0 heterocycles. The number of carboxylic acids is 2. The van der Waals surface area contributed by atoms with E-state index in [1.54, 1.807) is 24.3 Å². The predicted molar refractivity (Wildman–Crippen MR) is 75.6 cm³/mol. The van der Waals surface area contributed by atoms with Gasteiger partial charge in [-0.05, 0) is 11.1 Å². The average Bonchev–Trinajstić information content (AvgIpc) is 2.40. The van der Waals surface area contributed by atoms with Crippen LogP contribution in [0.1, 0.15) is 11.1 Å². The molecule has 0 atom stereocenters. The van der Waals surface area contributed by atoms with Gasteiger partial charge in [-0.2, -0.15) is 0 Å². The Morgan fingerprint density at radius 2 is 0.952 bits per heavy atom. The van der Waals surface area contributed by atoms with Crippen LogP contribution in [0, 0.1) is 0 Å². The second-order valence-electron chi connectivity index (χ2n) is 4.11. The topological polar surface area (TPSA) is 74.6 Å². The van der Waals surface area contributed by atoms with E-state index in [0.717, 1.165) is 11.1 Å². The van der Waals surface area contributed by atoms with Gasteiger partial charge in [0.15, 0.2) is 0 Å². The zero-order chi connectivity index (χ0) is 14.8. The normalized spacial score (nSPS) is 8.76. The van der Waals surface area contributed by atoms with E-state index >= 15 is 0 Å². The summed E-state index contributed by atoms with van der Waals surface area (Å²) in [4.78, 5) is 20.3. The van der Waals surface area contributed by atoms with Crippen molar-refractivity contribution in [2.75, 3.05) is 0 Å². The molecule has 0 radical (unpaired) electrons. The summed E-state index contributed by atoms with van der Waals surface area (Å²) in [5.41, 5.74) is 1.69. The summed E-state index contributed by atoms with van der Waals surface area (Å²) in [5, 5.41) is 16.7. The van der Waals surface area contributed by atoms with Crippen LogP contribution in [-0.2, 0) is 41.9 Å². The maximum atomic E-state index is 10.2. The molecule has 0 fully saturated rings. The minimum atomic E-state index is -0.786. The fourth-order valence-corrected chi connectivity index (χ4v) is 1.54. The molecule has 4 nitrogen and oxygen atoms in total. The van der Waals surface area contributed by atoms with Crippen molar-refractivity contribution in [3.8, 4) is 0 Å². The maximum Gasteiger partial charge on any atom is 0.307 e. The van der Waals surface area contributed by atoms with Crippen molar-refractivity contribution >= 4 is 11.9 Å². The van der Waals surface area contributed by atoms with Crippen LogP contribution in [0.5, 0.6) is 0 Å². The molecule has 0 saturated heterocycles. The summed E-state index contributed by atoms with van der Waals surface area (Å²) in [6.45, 7) is 0. The summed E-state index contributed by atoms with van der Waals surface area (Å²) in [6.07, 6.45) is 0.224. The molecule has 21 heavy (non-hydrogen) atoms. The Balaban J connectivity index is 0.000000364. The second kappa shape index (κ2) is 10.8. The molecule has 2 aromatic carbocycles. The fraction of sp³-hybridized carbons (Fsp3) is 0.125. The van der Waals surface area contributed by atoms with Crippen LogP contribution in [0.3, 0.4) is 0 Å². The monoisotopic (exact) mass is 336 g/mol. The molecule has 0 amide bonds. The number of hydrogen-bond acceptors (Lipinski definition) is 2. The van der Waals surface area contributed by atoms with Crippen molar-refractivity contribution in [1.82, 2.24) is 0 Å². The van der Waals surface area contributed by atoms with Crippen molar-refractivity contribution in [2.45, 2.75) is 12.8 Å². The van der Waals surface area contributed by atoms with Crippen molar-refractivity contribution in [3.05, 3.63) is 71.8 Å². The molecule has 0 aromatic heterocycles. The van der Waals surface area contributed by atoms with E-state index in [1.165, 1.54) is 0 Å². The number of carbonyl (C=O) groups is 2. The van der Waals surface area contributed by atoms with Gasteiger partial charge < -0.3 is 10.2 Å². The molecular weight excluding hydrogens is 322 g/mol. The van der Waals surface area contributed by atoms with Crippen LogP contribution in [0.4, 0.5) is 0 Å². The van der Waals surface area contributed by atoms with Gasteiger partial charge in [0.25, 0.3) is 0 Å². The van der Waals surface area contributed by atoms with E-state index in [-0.39, 0.29) is 32.3 Å². The molecule has 0 saturated carbocycles. The van der Waals surface area contributed by atoms with Crippen molar-refractivity contribution in [2.24, 2.45) is 0 Å². The maximum absolute atomic E-state index is 10.2. The Kier molecular flexibility index (Phi) is 9.73. The van der Waals surface area contributed by atoms with Gasteiger partial charge in [0.2, 0.25) is 0 Å². The summed E-state index contributed by atoms with van der Waals surface area (Å²) < 4.78 is 0. The van der Waals surface area contributed by atoms with Crippen molar-refractivity contribution in [1.29, 1.82) is 0 Å². The summed E-state index contributed by atoms with van der Waals surface area (Å²) in [7, 11) is 0. The van der Waals surface area contributed by atoms with Gasteiger partial charge in [-0.15, -0.1) is 0 Å². The quantitative estimate of drug-likeness (QED) is 0.841. The van der Waals surface area contributed by atoms with Crippen molar-refractivity contribution in [3.63, 3.8) is 0 Å². The SMILES string of the molecule is O=C(O)Cc1ccccc1.O=C(O)Cc1ccccc1.[Zn]. The molecule has 0 aliphatic heterocycles. The van der Waals surface area contributed by atoms with E-state index in [1.807, 2.05) is 36.4 Å². The van der Waals surface area contributed by atoms with Crippen LogP contribution >= 0.6 is 0 Å². The van der Waals surface area contributed by atoms with E-state index in [0.29, 0.717) is 0 Å². The van der Waals surface area contributed by atoms with Gasteiger partial charge in [-0.25, -0.2) is 0 Å². The Hall–Kier alpha value is -2.00. The predicted octanol–water partition coefficient (Wildman–Crippen LogP) is 2.62. The van der Waals surface area contributed by atoms with Crippen LogP contribution in [0.2, 0.25) is 0 Å². The molecule has 106 valence electrons. The molecular formula is C16H16O4Zn. The molecule has 2 N–H and O–H groups in total. The summed E-state index contributed by atoms with van der Waals surface area (Å²) in [6, 6.07) is 18.3. The Morgan fingerprint density at radius 3 is 1.19 bits per heavy atom. The Morgan fingerprint density at radius 1 is 0.667 bits per heavy atom. The van der Waals surface area contributed by atoms with Crippen LogP contribution in [0.15, 0.2) is 60.7 Å². The van der Waals surface area contributed by atoms with Crippen LogP contribution in [-0.4, -0.2) is 22.2 Å². The van der Waals surface area contributed by atoms with Crippen LogP contribution in [0.25, 0.3) is 0 Å². The molecule has 0 aliphatic carbocycles. The minimum absolute atomic E-state index is 0. The van der Waals surface area contributed by atoms with Gasteiger partial charge >= 0.3 is 11.9 Å². The van der Waals surface area contributed by atoms with Gasteiger partial charge in [0, 0.05) is 19.5 Å². The second-order valence-corrected chi connectivity index (χ2v) is 4.11. The molecule has 0 spiro atoms. The Bertz CT molecular complexity index is 489. The summed E-state index contributed by atoms with van der Waals surface area (Å²) in [5.74, 6) is -1.57. The van der Waals surface area contributed by atoms with Gasteiger partial charge in [0.05, 0.1) is 12.8 Å². The van der Waals surface area contributed by atoms with Crippen LogP contribution < -0.4 is 0 Å². The number of rotatable bonds is 4. The first-order valence-corrected chi connectivity index (χ1v) is 6.09. The molecule has 0 aliphatic rings. The number of hydrogen-bond donors (Lipinski definition) is 2. The first-order valence-electron chi connectivity index (χ1n) is 6.09. The fourth-order valence-electron chi connectivity index (χ4n) is 1.54. The third-order valence-corrected chi connectivity index (χ3v) is 2.40. The molecule has 5 heteroatoms. The molecule has 0 unspecified atom stereocenters. The zero-order valence-corrected chi connectivity index (χ0v) is 14.6. The van der Waals surface area contributed by atoms with E-state index in [4.69, 9.17) is 10.2 Å². The third kappa shape index (κ3) is 9.52. The van der Waals surface area contributed by atoms with Crippen molar-refractivity contribution < 1.29 is 39.3 Å². The molecule has 2 aromatic rings. The van der Waals surface area contributed by atoms with Gasteiger partial charge in [-0.3, -0.25) is 9.59 Å². The Labute approximate surface area is 136 Å². The smallest absolute Gasteiger partial charge is 0.307 e. The number of carboxylic acid groups (broad SMARTS) is 2. The minimum Gasteiger partial charge on any atom is -0.481 e. The molecule has 0 bridgehead atoms. The van der Waals surface area contributed by atoms with Gasteiger partial charge in [-0.1, -0.05) is 60.7 Å². The van der Waals surface area contributed by atoms with E-state index in [2.05, 4.69) is 0 Å². The molecule has 2 rings (SSSR count). The zero-order valence-electron chi connectivity index (χ0n) is 11.6. The number of aliphatic carboxylic acids is 2. The van der Waals surface area contributed by atoms with E-state index < -0.39 is 11.9 Å². The third-order valence-electron chi connectivity index (χ3n) is 2.40. The summed E-state index contributed by atoms with van der Waals surface area (Å²) >= 11 is 0. The van der Waals surface area contributed by atoms with E-state index in [9.17, 15) is 9.59 Å². The number of benzene rings is 2.